The van der Waals surface area contributed by atoms with Crippen LogP contribution in [-0.2, 0) is 6.18 Å². The number of hydrogen-bond acceptors (Lipinski definition) is 1. The van der Waals surface area contributed by atoms with Crippen molar-refractivity contribution in [2.24, 2.45) is 0 Å². The second kappa shape index (κ2) is 6.46. The Bertz CT molecular complexity index is 690. The van der Waals surface area contributed by atoms with Gasteiger partial charge in [0.05, 0.1) is 21.3 Å². The van der Waals surface area contributed by atoms with Crippen molar-refractivity contribution >= 4 is 40.6 Å². The molecule has 2 N–H and O–H groups in total. The lowest BCUT2D eigenvalue weighted by molar-refractivity contribution is -0.137. The van der Waals surface area contributed by atoms with E-state index in [4.69, 9.17) is 23.2 Å². The molecule has 0 aliphatic rings. The number of halogens is 5. The van der Waals surface area contributed by atoms with Gasteiger partial charge in [0.1, 0.15) is 0 Å². The number of amides is 2. The summed E-state index contributed by atoms with van der Waals surface area (Å²) in [5.74, 6) is 0. The smallest absolute Gasteiger partial charge is 0.308 e. The molecule has 0 aliphatic heterocycles. The maximum Gasteiger partial charge on any atom is 0.417 e. The molecule has 8 heteroatoms. The molecule has 0 bridgehead atoms. The standard InChI is InChI=1S/C14H9Cl2F3N2O/c15-11-9(14(17,18)19)6-7-10(12(11)16)21-13(22)20-8-4-2-1-3-5-8/h1-7H,(H2,20,21,22). The van der Waals surface area contributed by atoms with E-state index < -0.39 is 22.8 Å². The summed E-state index contributed by atoms with van der Waals surface area (Å²) in [4.78, 5) is 11.8. The van der Waals surface area contributed by atoms with Gasteiger partial charge in [-0.15, -0.1) is 0 Å². The minimum Gasteiger partial charge on any atom is -0.308 e. The summed E-state index contributed by atoms with van der Waals surface area (Å²) in [5, 5.41) is 3.82. The van der Waals surface area contributed by atoms with Crippen LogP contribution in [0.5, 0.6) is 0 Å². The van der Waals surface area contributed by atoms with Crippen molar-refractivity contribution in [3.8, 4) is 0 Å². The molecule has 2 amide bonds. The van der Waals surface area contributed by atoms with Crippen molar-refractivity contribution in [1.82, 2.24) is 0 Å². The van der Waals surface area contributed by atoms with E-state index in [0.717, 1.165) is 12.1 Å². The van der Waals surface area contributed by atoms with Gasteiger partial charge in [-0.2, -0.15) is 13.2 Å². The minimum absolute atomic E-state index is 0.0203. The maximum atomic E-state index is 12.7. The fourth-order valence-electron chi connectivity index (χ4n) is 1.67. The highest BCUT2D eigenvalue weighted by atomic mass is 35.5. The first-order valence-electron chi connectivity index (χ1n) is 5.97. The first kappa shape index (κ1) is 16.5. The van der Waals surface area contributed by atoms with Gasteiger partial charge in [-0.05, 0) is 24.3 Å². The first-order valence-corrected chi connectivity index (χ1v) is 6.73. The third-order valence-electron chi connectivity index (χ3n) is 2.67. The zero-order valence-corrected chi connectivity index (χ0v) is 12.4. The fourth-order valence-corrected chi connectivity index (χ4v) is 2.16. The van der Waals surface area contributed by atoms with E-state index >= 15 is 0 Å². The van der Waals surface area contributed by atoms with Crippen molar-refractivity contribution in [2.45, 2.75) is 6.18 Å². The van der Waals surface area contributed by atoms with Gasteiger partial charge in [-0.3, -0.25) is 0 Å². The van der Waals surface area contributed by atoms with Gasteiger partial charge in [0, 0.05) is 5.69 Å². The lowest BCUT2D eigenvalue weighted by atomic mass is 10.2. The van der Waals surface area contributed by atoms with Crippen molar-refractivity contribution in [3.05, 3.63) is 58.1 Å². The van der Waals surface area contributed by atoms with Crippen LogP contribution in [0.1, 0.15) is 5.56 Å². The molecule has 0 spiro atoms. The molecular formula is C14H9Cl2F3N2O. The number of carbonyl (C=O) groups is 1. The lowest BCUT2D eigenvalue weighted by Gasteiger charge is -2.14. The Morgan fingerprint density at radius 1 is 0.909 bits per heavy atom. The molecule has 2 rings (SSSR count). The van der Waals surface area contributed by atoms with Crippen LogP contribution in [0.3, 0.4) is 0 Å². The highest BCUT2D eigenvalue weighted by Gasteiger charge is 2.34. The predicted octanol–water partition coefficient (Wildman–Crippen LogP) is 5.66. The van der Waals surface area contributed by atoms with E-state index in [0.29, 0.717) is 5.69 Å². The summed E-state index contributed by atoms with van der Waals surface area (Å²) in [6.45, 7) is 0. The Labute approximate surface area is 134 Å². The molecule has 0 atom stereocenters. The van der Waals surface area contributed by atoms with Crippen molar-refractivity contribution in [1.29, 1.82) is 0 Å². The Morgan fingerprint density at radius 2 is 1.55 bits per heavy atom. The molecule has 2 aromatic carbocycles. The van der Waals surface area contributed by atoms with Gasteiger partial charge in [0.2, 0.25) is 0 Å². The third-order valence-corrected chi connectivity index (χ3v) is 3.55. The van der Waals surface area contributed by atoms with Crippen LogP contribution in [0.15, 0.2) is 42.5 Å². The van der Waals surface area contributed by atoms with Crippen LogP contribution in [0.2, 0.25) is 10.0 Å². The molecular weight excluding hydrogens is 340 g/mol. The summed E-state index contributed by atoms with van der Waals surface area (Å²) in [6, 6.07) is 9.67. The quantitative estimate of drug-likeness (QED) is 0.722. The number of anilines is 2. The maximum absolute atomic E-state index is 12.7. The SMILES string of the molecule is O=C(Nc1ccccc1)Nc1ccc(C(F)(F)F)c(Cl)c1Cl. The summed E-state index contributed by atoms with van der Waals surface area (Å²) in [5.41, 5.74) is -0.560. The topological polar surface area (TPSA) is 41.1 Å². The van der Waals surface area contributed by atoms with E-state index in [2.05, 4.69) is 10.6 Å². The van der Waals surface area contributed by atoms with E-state index in [-0.39, 0.29) is 10.7 Å². The molecule has 0 aliphatic carbocycles. The van der Waals surface area contributed by atoms with Crippen LogP contribution in [0.4, 0.5) is 29.3 Å². The van der Waals surface area contributed by atoms with Crippen LogP contribution in [-0.4, -0.2) is 6.03 Å². The second-order valence-electron chi connectivity index (χ2n) is 4.23. The summed E-state index contributed by atoms with van der Waals surface area (Å²) in [7, 11) is 0. The number of carbonyl (C=O) groups excluding carboxylic acids is 1. The van der Waals surface area contributed by atoms with Crippen LogP contribution >= 0.6 is 23.2 Å². The van der Waals surface area contributed by atoms with E-state index in [1.165, 1.54) is 0 Å². The molecule has 3 nitrogen and oxygen atoms in total. The molecule has 0 saturated heterocycles. The summed E-state index contributed by atoms with van der Waals surface area (Å²) in [6.07, 6.45) is -4.62. The van der Waals surface area contributed by atoms with E-state index in [1.807, 2.05) is 0 Å². The van der Waals surface area contributed by atoms with Crippen molar-refractivity contribution < 1.29 is 18.0 Å². The number of nitrogens with one attached hydrogen (secondary N) is 2. The molecule has 0 aromatic heterocycles. The van der Waals surface area contributed by atoms with Crippen LogP contribution in [0.25, 0.3) is 0 Å². The molecule has 2 aromatic rings. The largest absolute Gasteiger partial charge is 0.417 e. The molecule has 0 fully saturated rings. The zero-order chi connectivity index (χ0) is 16.3. The predicted molar refractivity (Wildman–Crippen MR) is 80.5 cm³/mol. The van der Waals surface area contributed by atoms with Gasteiger partial charge in [0.15, 0.2) is 0 Å². The first-order chi connectivity index (χ1) is 10.3. The molecule has 116 valence electrons. The number of para-hydroxylation sites is 1. The summed E-state index contributed by atoms with van der Waals surface area (Å²) < 4.78 is 38.0. The van der Waals surface area contributed by atoms with Gasteiger partial charge < -0.3 is 10.6 Å². The van der Waals surface area contributed by atoms with E-state index in [1.54, 1.807) is 30.3 Å². The number of rotatable bonds is 2. The highest BCUT2D eigenvalue weighted by Crippen LogP contribution is 2.41. The number of alkyl halides is 3. The zero-order valence-electron chi connectivity index (χ0n) is 10.8. The Kier molecular flexibility index (Phi) is 4.83. The molecule has 0 radical (unpaired) electrons. The van der Waals surface area contributed by atoms with Gasteiger partial charge >= 0.3 is 12.2 Å². The molecule has 22 heavy (non-hydrogen) atoms. The molecule has 0 unspecified atom stereocenters. The van der Waals surface area contributed by atoms with Gasteiger partial charge in [0.25, 0.3) is 0 Å². The van der Waals surface area contributed by atoms with Gasteiger partial charge in [-0.1, -0.05) is 41.4 Å². The fraction of sp³-hybridized carbons (Fsp3) is 0.0714. The number of urea groups is 1. The molecule has 0 heterocycles. The van der Waals surface area contributed by atoms with E-state index in [9.17, 15) is 18.0 Å². The minimum atomic E-state index is -4.62. The third kappa shape index (κ3) is 3.84. The Hall–Kier alpha value is -1.92. The lowest BCUT2D eigenvalue weighted by Crippen LogP contribution is -2.20. The van der Waals surface area contributed by atoms with Crippen molar-refractivity contribution in [3.63, 3.8) is 0 Å². The Balaban J connectivity index is 2.17. The van der Waals surface area contributed by atoms with Crippen LogP contribution < -0.4 is 10.6 Å². The second-order valence-corrected chi connectivity index (χ2v) is 4.99. The van der Waals surface area contributed by atoms with Crippen molar-refractivity contribution in [2.75, 3.05) is 10.6 Å². The number of hydrogen-bond donors (Lipinski definition) is 2. The number of benzene rings is 2. The van der Waals surface area contributed by atoms with Crippen LogP contribution in [0, 0.1) is 0 Å². The molecule has 0 saturated carbocycles. The average Bonchev–Trinajstić information content (AvgIpc) is 2.43. The summed E-state index contributed by atoms with van der Waals surface area (Å²) >= 11 is 11.4. The highest BCUT2D eigenvalue weighted by molar-refractivity contribution is 6.44. The average molecular weight is 349 g/mol. The van der Waals surface area contributed by atoms with Gasteiger partial charge in [-0.25, -0.2) is 4.79 Å². The monoisotopic (exact) mass is 348 g/mol. The Morgan fingerprint density at radius 3 is 2.14 bits per heavy atom. The normalized spacial score (nSPS) is 11.1.